The summed E-state index contributed by atoms with van der Waals surface area (Å²) < 4.78 is 20.2. The number of phenols is 2. The number of benzene rings is 3. The van der Waals surface area contributed by atoms with E-state index in [1.807, 2.05) is 38.1 Å². The summed E-state index contributed by atoms with van der Waals surface area (Å²) in [6.45, 7) is 5.57. The van der Waals surface area contributed by atoms with Crippen molar-refractivity contribution in [2.45, 2.75) is 20.8 Å². The highest BCUT2D eigenvalue weighted by molar-refractivity contribution is 7.75. The molecule has 1 unspecified atom stereocenters. The molecule has 0 saturated carbocycles. The van der Waals surface area contributed by atoms with E-state index in [4.69, 9.17) is 4.52 Å². The van der Waals surface area contributed by atoms with Crippen molar-refractivity contribution in [3.05, 3.63) is 65.2 Å². The van der Waals surface area contributed by atoms with Crippen LogP contribution in [0, 0.1) is 20.8 Å². The predicted octanol–water partition coefficient (Wildman–Crippen LogP) is 4.31. The minimum Gasteiger partial charge on any atom is -0.508 e. The molecule has 1 atom stereocenters. The van der Waals surface area contributed by atoms with Crippen molar-refractivity contribution < 1.29 is 19.3 Å². The van der Waals surface area contributed by atoms with Gasteiger partial charge in [0, 0.05) is 11.1 Å². The zero-order valence-corrected chi connectivity index (χ0v) is 15.7. The zero-order valence-electron chi connectivity index (χ0n) is 14.8. The number of hydrogen-bond acceptors (Lipinski definition) is 4. The van der Waals surface area contributed by atoms with E-state index in [0.717, 1.165) is 22.3 Å². The molecule has 3 aromatic rings. The van der Waals surface area contributed by atoms with Crippen LogP contribution in [0.4, 0.5) is 0 Å². The van der Waals surface area contributed by atoms with E-state index in [1.165, 1.54) is 12.1 Å². The standard InChI is InChI=1S/C21H19O4P/c1-12-8-9-13(2)21-20(12)15-6-4-5-7-18(15)26(24,25-21)19-11-16(22)14(3)10-17(19)23/h4-11,22-23H,1-3H3. The fraction of sp³-hybridized carbons (Fsp3) is 0.143. The van der Waals surface area contributed by atoms with Crippen LogP contribution in [0.2, 0.25) is 0 Å². The van der Waals surface area contributed by atoms with Crippen molar-refractivity contribution in [3.63, 3.8) is 0 Å². The first kappa shape index (κ1) is 16.7. The van der Waals surface area contributed by atoms with Gasteiger partial charge in [0.1, 0.15) is 17.2 Å². The van der Waals surface area contributed by atoms with Gasteiger partial charge in [0.15, 0.2) is 0 Å². The summed E-state index contributed by atoms with van der Waals surface area (Å²) in [4.78, 5) is 0. The summed E-state index contributed by atoms with van der Waals surface area (Å²) in [5.74, 6) is 0.388. The van der Waals surface area contributed by atoms with Gasteiger partial charge >= 0.3 is 7.37 Å². The van der Waals surface area contributed by atoms with E-state index < -0.39 is 7.37 Å². The molecule has 0 fully saturated rings. The van der Waals surface area contributed by atoms with Crippen molar-refractivity contribution in [3.8, 4) is 28.4 Å². The highest BCUT2D eigenvalue weighted by Crippen LogP contribution is 2.57. The molecule has 5 heteroatoms. The number of rotatable bonds is 1. The third kappa shape index (κ3) is 2.26. The molecule has 1 heterocycles. The smallest absolute Gasteiger partial charge is 0.311 e. The summed E-state index contributed by atoms with van der Waals surface area (Å²) in [5.41, 5.74) is 4.16. The summed E-state index contributed by atoms with van der Waals surface area (Å²) in [5, 5.41) is 21.2. The molecule has 0 spiro atoms. The Morgan fingerprint density at radius 3 is 2.27 bits per heavy atom. The van der Waals surface area contributed by atoms with Crippen molar-refractivity contribution in [1.29, 1.82) is 0 Å². The van der Waals surface area contributed by atoms with Crippen LogP contribution in [0.5, 0.6) is 17.2 Å². The van der Waals surface area contributed by atoms with Gasteiger partial charge in [0.25, 0.3) is 0 Å². The molecule has 4 rings (SSSR count). The third-order valence-electron chi connectivity index (χ3n) is 4.88. The lowest BCUT2D eigenvalue weighted by molar-refractivity contribution is 0.456. The maximum absolute atomic E-state index is 14.1. The Morgan fingerprint density at radius 1 is 0.808 bits per heavy atom. The Labute approximate surface area is 152 Å². The first-order chi connectivity index (χ1) is 12.3. The van der Waals surface area contributed by atoms with Crippen molar-refractivity contribution in [2.75, 3.05) is 0 Å². The highest BCUT2D eigenvalue weighted by Gasteiger charge is 2.41. The molecule has 0 amide bonds. The quantitative estimate of drug-likeness (QED) is 0.497. The van der Waals surface area contributed by atoms with Gasteiger partial charge in [-0.2, -0.15) is 0 Å². The van der Waals surface area contributed by atoms with Gasteiger partial charge < -0.3 is 14.7 Å². The second kappa shape index (κ2) is 5.65. The Hall–Kier alpha value is -2.71. The van der Waals surface area contributed by atoms with Crippen LogP contribution in [0.3, 0.4) is 0 Å². The van der Waals surface area contributed by atoms with Gasteiger partial charge in [-0.3, -0.25) is 4.57 Å². The van der Waals surface area contributed by atoms with E-state index >= 15 is 0 Å². The van der Waals surface area contributed by atoms with Crippen molar-refractivity contribution >= 4 is 18.0 Å². The molecule has 0 radical (unpaired) electrons. The average Bonchev–Trinajstić information content (AvgIpc) is 2.61. The van der Waals surface area contributed by atoms with Crippen LogP contribution >= 0.6 is 7.37 Å². The maximum atomic E-state index is 14.1. The molecule has 132 valence electrons. The lowest BCUT2D eigenvalue weighted by Gasteiger charge is -2.31. The van der Waals surface area contributed by atoms with Gasteiger partial charge in [0.05, 0.1) is 10.6 Å². The Kier molecular flexibility index (Phi) is 3.64. The minimum absolute atomic E-state index is 0.0270. The van der Waals surface area contributed by atoms with Crippen molar-refractivity contribution in [1.82, 2.24) is 0 Å². The molecule has 26 heavy (non-hydrogen) atoms. The molecular weight excluding hydrogens is 347 g/mol. The predicted molar refractivity (Wildman–Crippen MR) is 103 cm³/mol. The topological polar surface area (TPSA) is 66.8 Å². The molecule has 0 saturated heterocycles. The largest absolute Gasteiger partial charge is 0.508 e. The second-order valence-corrected chi connectivity index (χ2v) is 8.94. The van der Waals surface area contributed by atoms with Crippen LogP contribution in [0.1, 0.15) is 16.7 Å². The number of hydrogen-bond donors (Lipinski definition) is 2. The van der Waals surface area contributed by atoms with Crippen LogP contribution in [0.15, 0.2) is 48.5 Å². The summed E-state index contributed by atoms with van der Waals surface area (Å²) in [6, 6.07) is 14.1. The van der Waals surface area contributed by atoms with Crippen LogP contribution in [-0.4, -0.2) is 10.2 Å². The Morgan fingerprint density at radius 2 is 1.50 bits per heavy atom. The van der Waals surface area contributed by atoms with E-state index in [1.54, 1.807) is 19.1 Å². The van der Waals surface area contributed by atoms with Crippen molar-refractivity contribution in [2.24, 2.45) is 0 Å². The van der Waals surface area contributed by atoms with Gasteiger partial charge in [-0.15, -0.1) is 0 Å². The Balaban J connectivity index is 2.08. The lowest BCUT2D eigenvalue weighted by atomic mass is 9.97. The van der Waals surface area contributed by atoms with E-state index in [9.17, 15) is 14.8 Å². The molecule has 1 aliphatic rings. The molecule has 1 aliphatic heterocycles. The Bertz CT molecular complexity index is 1100. The first-order valence-electron chi connectivity index (χ1n) is 8.36. The molecule has 0 aliphatic carbocycles. The fourth-order valence-electron chi connectivity index (χ4n) is 3.44. The molecule has 4 nitrogen and oxygen atoms in total. The van der Waals surface area contributed by atoms with Gasteiger partial charge in [-0.25, -0.2) is 0 Å². The number of fused-ring (bicyclic) bond motifs is 3. The highest BCUT2D eigenvalue weighted by atomic mass is 31.2. The lowest BCUT2D eigenvalue weighted by Crippen LogP contribution is -2.26. The van der Waals surface area contributed by atoms with E-state index in [0.29, 0.717) is 16.6 Å². The molecular formula is C21H19O4P. The van der Waals surface area contributed by atoms with Crippen LogP contribution < -0.4 is 15.1 Å². The number of aryl methyl sites for hydroxylation is 3. The summed E-state index contributed by atoms with van der Waals surface area (Å²) in [7, 11) is -3.63. The number of aromatic hydroxyl groups is 2. The minimum atomic E-state index is -3.63. The SMILES string of the molecule is Cc1cc(O)c(P2(=O)Oc3c(C)ccc(C)c3-c3ccccc32)cc1O. The normalized spacial score (nSPS) is 18.0. The maximum Gasteiger partial charge on any atom is 0.311 e. The fourth-order valence-corrected chi connectivity index (χ4v) is 5.83. The molecule has 0 bridgehead atoms. The van der Waals surface area contributed by atoms with Gasteiger partial charge in [-0.1, -0.05) is 30.3 Å². The molecule has 3 aromatic carbocycles. The van der Waals surface area contributed by atoms with Gasteiger partial charge in [-0.05, 0) is 55.7 Å². The van der Waals surface area contributed by atoms with E-state index in [-0.39, 0.29) is 16.8 Å². The van der Waals surface area contributed by atoms with Crippen LogP contribution in [-0.2, 0) is 4.57 Å². The summed E-state index contributed by atoms with van der Waals surface area (Å²) in [6.07, 6.45) is 0. The first-order valence-corrected chi connectivity index (χ1v) is 9.98. The van der Waals surface area contributed by atoms with Crippen LogP contribution in [0.25, 0.3) is 11.1 Å². The summed E-state index contributed by atoms with van der Waals surface area (Å²) >= 11 is 0. The van der Waals surface area contributed by atoms with Gasteiger partial charge in [0.2, 0.25) is 0 Å². The second-order valence-electron chi connectivity index (χ2n) is 6.69. The molecule has 0 aromatic heterocycles. The monoisotopic (exact) mass is 366 g/mol. The average molecular weight is 366 g/mol. The third-order valence-corrected chi connectivity index (χ3v) is 7.34. The van der Waals surface area contributed by atoms with E-state index in [2.05, 4.69) is 0 Å². The molecule has 2 N–H and O–H groups in total. The zero-order chi connectivity index (χ0) is 18.6. The number of phenolic OH excluding ortho intramolecular Hbond substituents is 2.